The third-order valence-corrected chi connectivity index (χ3v) is 4.15. The molecule has 0 unspecified atom stereocenters. The number of imide groups is 1. The van der Waals surface area contributed by atoms with Crippen LogP contribution < -0.4 is 10.6 Å². The van der Waals surface area contributed by atoms with Gasteiger partial charge < -0.3 is 10.1 Å². The zero-order chi connectivity index (χ0) is 19.3. The van der Waals surface area contributed by atoms with Crippen LogP contribution in [-0.4, -0.2) is 24.5 Å². The number of esters is 1. The van der Waals surface area contributed by atoms with E-state index in [-0.39, 0.29) is 15.6 Å². The second kappa shape index (κ2) is 8.69. The Morgan fingerprint density at radius 1 is 1.00 bits per heavy atom. The summed E-state index contributed by atoms with van der Waals surface area (Å²) in [6, 6.07) is 9.13. The Hall–Kier alpha value is -2.57. The molecule has 0 fully saturated rings. The van der Waals surface area contributed by atoms with E-state index in [4.69, 9.17) is 27.9 Å². The van der Waals surface area contributed by atoms with Crippen molar-refractivity contribution in [1.29, 1.82) is 0 Å². The van der Waals surface area contributed by atoms with Gasteiger partial charge >= 0.3 is 12.0 Å². The van der Waals surface area contributed by atoms with Gasteiger partial charge in [-0.2, -0.15) is 0 Å². The molecule has 0 heterocycles. The Labute approximate surface area is 160 Å². The van der Waals surface area contributed by atoms with Crippen LogP contribution in [0, 0.1) is 13.8 Å². The first-order valence-corrected chi connectivity index (χ1v) is 8.32. The van der Waals surface area contributed by atoms with Crippen molar-refractivity contribution in [3.05, 3.63) is 63.1 Å². The second-order valence-corrected chi connectivity index (χ2v) is 6.29. The molecular formula is C18H16Cl2N2O4. The number of carbonyl (C=O) groups excluding carboxylic acids is 3. The van der Waals surface area contributed by atoms with Crippen molar-refractivity contribution in [2.45, 2.75) is 13.8 Å². The Morgan fingerprint density at radius 3 is 2.27 bits per heavy atom. The molecule has 0 aliphatic rings. The van der Waals surface area contributed by atoms with Gasteiger partial charge in [0.1, 0.15) is 0 Å². The molecule has 0 saturated carbocycles. The quantitative estimate of drug-likeness (QED) is 0.763. The highest BCUT2D eigenvalue weighted by atomic mass is 35.5. The van der Waals surface area contributed by atoms with E-state index in [1.165, 1.54) is 12.1 Å². The highest BCUT2D eigenvalue weighted by Crippen LogP contribution is 2.24. The van der Waals surface area contributed by atoms with E-state index >= 15 is 0 Å². The lowest BCUT2D eigenvalue weighted by Gasteiger charge is -2.10. The standard InChI is InChI=1S/C18H16Cl2N2O4/c1-10-6-7-12(8-11(10)2)21-18(25)22-15(23)9-26-17(24)16-13(19)4-3-5-14(16)20/h3-8H,9H2,1-2H3,(H2,21,22,23,25). The first kappa shape index (κ1) is 19.8. The smallest absolute Gasteiger partial charge is 0.341 e. The van der Waals surface area contributed by atoms with Gasteiger partial charge in [0.2, 0.25) is 0 Å². The number of carbonyl (C=O) groups is 3. The molecular weight excluding hydrogens is 379 g/mol. The summed E-state index contributed by atoms with van der Waals surface area (Å²) >= 11 is 11.8. The summed E-state index contributed by atoms with van der Waals surface area (Å²) in [4.78, 5) is 35.5. The number of hydrogen-bond acceptors (Lipinski definition) is 4. The average molecular weight is 395 g/mol. The lowest BCUT2D eigenvalue weighted by atomic mass is 10.1. The van der Waals surface area contributed by atoms with Crippen LogP contribution in [0.4, 0.5) is 10.5 Å². The van der Waals surface area contributed by atoms with Crippen molar-refractivity contribution >= 4 is 46.8 Å². The van der Waals surface area contributed by atoms with E-state index in [1.807, 2.05) is 19.9 Å². The Balaban J connectivity index is 1.87. The van der Waals surface area contributed by atoms with Gasteiger partial charge in [-0.1, -0.05) is 35.3 Å². The second-order valence-electron chi connectivity index (χ2n) is 5.47. The molecule has 0 aliphatic carbocycles. The first-order valence-electron chi connectivity index (χ1n) is 7.57. The molecule has 0 atom stereocenters. The van der Waals surface area contributed by atoms with E-state index in [1.54, 1.807) is 18.2 Å². The lowest BCUT2D eigenvalue weighted by molar-refractivity contribution is -0.123. The average Bonchev–Trinajstić information content (AvgIpc) is 2.56. The summed E-state index contributed by atoms with van der Waals surface area (Å²) in [7, 11) is 0. The molecule has 6 nitrogen and oxygen atoms in total. The molecule has 2 aromatic rings. The fraction of sp³-hybridized carbons (Fsp3) is 0.167. The van der Waals surface area contributed by atoms with Crippen molar-refractivity contribution in [2.24, 2.45) is 0 Å². The number of halogens is 2. The van der Waals surface area contributed by atoms with Crippen LogP contribution in [0.1, 0.15) is 21.5 Å². The zero-order valence-corrected chi connectivity index (χ0v) is 15.6. The van der Waals surface area contributed by atoms with Crippen LogP contribution >= 0.6 is 23.2 Å². The van der Waals surface area contributed by atoms with Gasteiger partial charge in [0.15, 0.2) is 6.61 Å². The summed E-state index contributed by atoms with van der Waals surface area (Å²) in [5.41, 5.74) is 2.58. The molecule has 0 saturated heterocycles. The summed E-state index contributed by atoms with van der Waals surface area (Å²) < 4.78 is 4.84. The highest BCUT2D eigenvalue weighted by molar-refractivity contribution is 6.39. The summed E-state index contributed by atoms with van der Waals surface area (Å²) in [5, 5.41) is 4.80. The SMILES string of the molecule is Cc1ccc(NC(=O)NC(=O)COC(=O)c2c(Cl)cccc2Cl)cc1C. The van der Waals surface area contributed by atoms with Crippen LogP contribution in [0.5, 0.6) is 0 Å². The van der Waals surface area contributed by atoms with Crippen molar-refractivity contribution in [1.82, 2.24) is 5.32 Å². The fourth-order valence-electron chi connectivity index (χ4n) is 2.04. The highest BCUT2D eigenvalue weighted by Gasteiger charge is 2.18. The van der Waals surface area contributed by atoms with E-state index in [9.17, 15) is 14.4 Å². The molecule has 2 N–H and O–H groups in total. The largest absolute Gasteiger partial charge is 0.452 e. The van der Waals surface area contributed by atoms with Gasteiger partial charge in [-0.05, 0) is 49.2 Å². The molecule has 2 aromatic carbocycles. The summed E-state index contributed by atoms with van der Waals surface area (Å²) in [5.74, 6) is -1.65. The van der Waals surface area contributed by atoms with Gasteiger partial charge in [-0.25, -0.2) is 9.59 Å². The summed E-state index contributed by atoms with van der Waals surface area (Å²) in [6.45, 7) is 3.20. The number of rotatable bonds is 4. The minimum atomic E-state index is -0.856. The molecule has 26 heavy (non-hydrogen) atoms. The molecule has 0 aromatic heterocycles. The fourth-order valence-corrected chi connectivity index (χ4v) is 2.59. The first-order chi connectivity index (χ1) is 12.3. The number of nitrogens with one attached hydrogen (secondary N) is 2. The zero-order valence-electron chi connectivity index (χ0n) is 14.1. The maximum atomic E-state index is 12.0. The number of urea groups is 1. The van der Waals surface area contributed by atoms with Gasteiger partial charge in [-0.3, -0.25) is 10.1 Å². The maximum absolute atomic E-state index is 12.0. The van der Waals surface area contributed by atoms with Gasteiger partial charge in [0.25, 0.3) is 5.91 Å². The van der Waals surface area contributed by atoms with Crippen molar-refractivity contribution < 1.29 is 19.1 Å². The van der Waals surface area contributed by atoms with Gasteiger partial charge in [0, 0.05) is 5.69 Å². The molecule has 136 valence electrons. The number of anilines is 1. The minimum Gasteiger partial charge on any atom is -0.452 e. The Kier molecular flexibility index (Phi) is 6.60. The van der Waals surface area contributed by atoms with Gasteiger partial charge in [0.05, 0.1) is 15.6 Å². The van der Waals surface area contributed by atoms with Crippen LogP contribution in [0.15, 0.2) is 36.4 Å². The number of benzene rings is 2. The third kappa shape index (κ3) is 5.21. The molecule has 0 radical (unpaired) electrons. The summed E-state index contributed by atoms with van der Waals surface area (Å²) in [6.07, 6.45) is 0. The van der Waals surface area contributed by atoms with Crippen LogP contribution in [0.25, 0.3) is 0 Å². The van der Waals surface area contributed by atoms with Gasteiger partial charge in [-0.15, -0.1) is 0 Å². The minimum absolute atomic E-state index is 0.0387. The lowest BCUT2D eigenvalue weighted by Crippen LogP contribution is -2.37. The number of amides is 3. The number of ether oxygens (including phenoxy) is 1. The molecule has 3 amide bonds. The predicted octanol–water partition coefficient (Wildman–Crippen LogP) is 4.12. The Morgan fingerprint density at radius 2 is 1.65 bits per heavy atom. The van der Waals surface area contributed by atoms with Crippen LogP contribution in [-0.2, 0) is 9.53 Å². The molecule has 2 rings (SSSR count). The Bertz CT molecular complexity index is 848. The van der Waals surface area contributed by atoms with E-state index in [2.05, 4.69) is 10.6 Å². The van der Waals surface area contributed by atoms with E-state index in [0.717, 1.165) is 11.1 Å². The van der Waals surface area contributed by atoms with E-state index < -0.39 is 24.5 Å². The number of aryl methyl sites for hydroxylation is 2. The van der Waals surface area contributed by atoms with E-state index in [0.29, 0.717) is 5.69 Å². The van der Waals surface area contributed by atoms with Crippen molar-refractivity contribution in [3.63, 3.8) is 0 Å². The molecule has 0 bridgehead atoms. The maximum Gasteiger partial charge on any atom is 0.341 e. The molecule has 0 spiro atoms. The van der Waals surface area contributed by atoms with Crippen LogP contribution in [0.3, 0.4) is 0 Å². The number of hydrogen-bond donors (Lipinski definition) is 2. The monoisotopic (exact) mass is 394 g/mol. The predicted molar refractivity (Wildman–Crippen MR) is 99.8 cm³/mol. The third-order valence-electron chi connectivity index (χ3n) is 3.52. The van der Waals surface area contributed by atoms with Crippen molar-refractivity contribution in [2.75, 3.05) is 11.9 Å². The van der Waals surface area contributed by atoms with Crippen LogP contribution in [0.2, 0.25) is 10.0 Å². The van der Waals surface area contributed by atoms with Crippen molar-refractivity contribution in [3.8, 4) is 0 Å². The molecule has 8 heteroatoms. The molecule has 0 aliphatic heterocycles. The topological polar surface area (TPSA) is 84.5 Å². The normalized spacial score (nSPS) is 10.2.